The zero-order chi connectivity index (χ0) is 19.9. The second-order valence-corrected chi connectivity index (χ2v) is 8.98. The number of aromatic nitrogens is 3. The van der Waals surface area contributed by atoms with Crippen molar-refractivity contribution in [3.05, 3.63) is 54.5 Å². The van der Waals surface area contributed by atoms with E-state index in [0.717, 1.165) is 42.3 Å². The summed E-state index contributed by atoms with van der Waals surface area (Å²) in [5, 5.41) is 7.86. The Labute approximate surface area is 177 Å². The molecule has 1 aromatic carbocycles. The Morgan fingerprint density at radius 1 is 1.10 bits per heavy atom. The summed E-state index contributed by atoms with van der Waals surface area (Å²) < 4.78 is 2.37. The van der Waals surface area contributed by atoms with Crippen molar-refractivity contribution in [3.8, 4) is 0 Å². The molecule has 2 atom stereocenters. The summed E-state index contributed by atoms with van der Waals surface area (Å²) in [5.74, 6) is 4.20. The molecule has 0 aliphatic heterocycles. The van der Waals surface area contributed by atoms with Crippen molar-refractivity contribution in [1.29, 1.82) is 0 Å². The minimum absolute atomic E-state index is 0.571. The van der Waals surface area contributed by atoms with Gasteiger partial charge in [0.2, 0.25) is 0 Å². The van der Waals surface area contributed by atoms with Crippen LogP contribution in [0.5, 0.6) is 0 Å². The Hall–Kier alpha value is -2.05. The molecule has 0 saturated heterocycles. The van der Waals surface area contributed by atoms with Gasteiger partial charge in [0.15, 0.2) is 0 Å². The van der Waals surface area contributed by atoms with E-state index in [2.05, 4.69) is 79.5 Å². The van der Waals surface area contributed by atoms with Gasteiger partial charge in [0.05, 0.1) is 5.39 Å². The lowest BCUT2D eigenvalue weighted by Crippen LogP contribution is -2.20. The number of benzene rings is 1. The smallest absolute Gasteiger partial charge is 0.145 e. The second kappa shape index (κ2) is 10.1. The summed E-state index contributed by atoms with van der Waals surface area (Å²) in [7, 11) is 1.92. The molecule has 5 nitrogen and oxygen atoms in total. The highest BCUT2D eigenvalue weighted by Gasteiger charge is 2.27. The molecule has 0 spiro atoms. The molecule has 29 heavy (non-hydrogen) atoms. The highest BCUT2D eigenvalue weighted by molar-refractivity contribution is 7.99. The van der Waals surface area contributed by atoms with Gasteiger partial charge in [-0.15, -0.1) is 0 Å². The maximum Gasteiger partial charge on any atom is 0.145 e. The first-order valence-corrected chi connectivity index (χ1v) is 11.8. The summed E-state index contributed by atoms with van der Waals surface area (Å²) >= 11 is 2.10. The number of nitrogens with zero attached hydrogens (tertiary/aromatic N) is 3. The SMILES string of the molecule is CNc1ncnc2c1ccn2C1CCC(CSCCNCCc2ccccc2)C1. The van der Waals surface area contributed by atoms with Crippen LogP contribution >= 0.6 is 11.8 Å². The van der Waals surface area contributed by atoms with E-state index < -0.39 is 0 Å². The third kappa shape index (κ3) is 5.11. The first kappa shape index (κ1) is 20.2. The van der Waals surface area contributed by atoms with Gasteiger partial charge in [-0.3, -0.25) is 0 Å². The van der Waals surface area contributed by atoms with E-state index >= 15 is 0 Å². The van der Waals surface area contributed by atoms with Crippen LogP contribution in [0.1, 0.15) is 30.9 Å². The lowest BCUT2D eigenvalue weighted by atomic mass is 10.1. The van der Waals surface area contributed by atoms with E-state index in [9.17, 15) is 0 Å². The van der Waals surface area contributed by atoms with Crippen LogP contribution in [0.25, 0.3) is 11.0 Å². The van der Waals surface area contributed by atoms with Gasteiger partial charge < -0.3 is 15.2 Å². The highest BCUT2D eigenvalue weighted by Crippen LogP contribution is 2.38. The van der Waals surface area contributed by atoms with Gasteiger partial charge in [0.1, 0.15) is 17.8 Å². The number of thioether (sulfide) groups is 1. The molecule has 4 rings (SSSR count). The van der Waals surface area contributed by atoms with Crippen LogP contribution in [0, 0.1) is 5.92 Å². The molecule has 1 aliphatic carbocycles. The minimum atomic E-state index is 0.571. The molecular weight excluding hydrogens is 378 g/mol. The first-order chi connectivity index (χ1) is 14.3. The quantitative estimate of drug-likeness (QED) is 0.487. The fourth-order valence-corrected chi connectivity index (χ4v) is 5.41. The molecule has 6 heteroatoms. The monoisotopic (exact) mass is 409 g/mol. The maximum absolute atomic E-state index is 4.54. The molecule has 1 aliphatic rings. The zero-order valence-electron chi connectivity index (χ0n) is 17.2. The highest BCUT2D eigenvalue weighted by atomic mass is 32.2. The van der Waals surface area contributed by atoms with Crippen LogP contribution in [-0.2, 0) is 6.42 Å². The molecular formula is C23H31N5S. The van der Waals surface area contributed by atoms with Crippen molar-refractivity contribution in [1.82, 2.24) is 19.9 Å². The lowest BCUT2D eigenvalue weighted by Gasteiger charge is -2.14. The van der Waals surface area contributed by atoms with Gasteiger partial charge in [-0.05, 0) is 55.5 Å². The molecule has 2 heterocycles. The van der Waals surface area contributed by atoms with Crippen LogP contribution in [0.4, 0.5) is 5.82 Å². The molecule has 3 aromatic rings. The second-order valence-electron chi connectivity index (χ2n) is 7.83. The predicted octanol–water partition coefficient (Wildman–Crippen LogP) is 4.38. The fraction of sp³-hybridized carbons (Fsp3) is 0.478. The van der Waals surface area contributed by atoms with Gasteiger partial charge in [-0.25, -0.2) is 9.97 Å². The van der Waals surface area contributed by atoms with E-state index in [4.69, 9.17) is 0 Å². The molecule has 0 amide bonds. The number of anilines is 1. The van der Waals surface area contributed by atoms with Crippen molar-refractivity contribution in [2.24, 2.45) is 5.92 Å². The molecule has 154 valence electrons. The first-order valence-electron chi connectivity index (χ1n) is 10.7. The normalized spacial score (nSPS) is 19.1. The van der Waals surface area contributed by atoms with Crippen LogP contribution in [0.2, 0.25) is 0 Å². The van der Waals surface area contributed by atoms with Gasteiger partial charge in [0, 0.05) is 31.6 Å². The van der Waals surface area contributed by atoms with E-state index in [1.807, 2.05) is 7.05 Å². The van der Waals surface area contributed by atoms with E-state index in [-0.39, 0.29) is 0 Å². The standard InChI is InChI=1S/C23H31N5S/c1-24-22-21-10-13-28(23(21)27-17-26-22)20-8-7-19(15-20)16-29-14-12-25-11-9-18-5-3-2-4-6-18/h2-6,10,13,17,19-20,25H,7-9,11-12,14-16H2,1H3,(H,24,26,27). The predicted molar refractivity (Wildman–Crippen MR) is 124 cm³/mol. The summed E-state index contributed by atoms with van der Waals surface area (Å²) in [5.41, 5.74) is 2.47. The minimum Gasteiger partial charge on any atom is -0.372 e. The zero-order valence-corrected chi connectivity index (χ0v) is 18.0. The van der Waals surface area contributed by atoms with Crippen LogP contribution in [0.15, 0.2) is 48.9 Å². The Morgan fingerprint density at radius 2 is 2.00 bits per heavy atom. The largest absolute Gasteiger partial charge is 0.372 e. The van der Waals surface area contributed by atoms with Crippen molar-refractivity contribution < 1.29 is 0 Å². The molecule has 2 N–H and O–H groups in total. The summed E-state index contributed by atoms with van der Waals surface area (Å²) in [4.78, 5) is 8.87. The Morgan fingerprint density at radius 3 is 2.86 bits per heavy atom. The van der Waals surface area contributed by atoms with Crippen molar-refractivity contribution in [2.75, 3.05) is 37.0 Å². The Balaban J connectivity index is 1.16. The molecule has 0 radical (unpaired) electrons. The van der Waals surface area contributed by atoms with Gasteiger partial charge in [-0.1, -0.05) is 30.3 Å². The number of rotatable bonds is 10. The van der Waals surface area contributed by atoms with Crippen LogP contribution < -0.4 is 10.6 Å². The van der Waals surface area contributed by atoms with Gasteiger partial charge >= 0.3 is 0 Å². The van der Waals surface area contributed by atoms with Crippen molar-refractivity contribution in [2.45, 2.75) is 31.7 Å². The van der Waals surface area contributed by atoms with E-state index in [1.54, 1.807) is 6.33 Å². The molecule has 0 bridgehead atoms. The number of nitrogens with one attached hydrogen (secondary N) is 2. The third-order valence-electron chi connectivity index (χ3n) is 5.86. The van der Waals surface area contributed by atoms with Crippen molar-refractivity contribution >= 4 is 28.6 Å². The summed E-state index contributed by atoms with van der Waals surface area (Å²) in [6.07, 6.45) is 8.80. The van der Waals surface area contributed by atoms with E-state index in [1.165, 1.54) is 36.3 Å². The summed E-state index contributed by atoms with van der Waals surface area (Å²) in [6.45, 7) is 2.16. The van der Waals surface area contributed by atoms with Crippen LogP contribution in [0.3, 0.4) is 0 Å². The number of hydrogen-bond donors (Lipinski definition) is 2. The average molecular weight is 410 g/mol. The average Bonchev–Trinajstić information content (AvgIpc) is 3.40. The number of fused-ring (bicyclic) bond motifs is 1. The lowest BCUT2D eigenvalue weighted by molar-refractivity contribution is 0.507. The number of hydrogen-bond acceptors (Lipinski definition) is 5. The molecule has 2 aromatic heterocycles. The molecule has 1 saturated carbocycles. The maximum atomic E-state index is 4.54. The fourth-order valence-electron chi connectivity index (χ4n) is 4.31. The third-order valence-corrected chi connectivity index (χ3v) is 7.06. The molecule has 2 unspecified atom stereocenters. The van der Waals surface area contributed by atoms with E-state index in [0.29, 0.717) is 6.04 Å². The van der Waals surface area contributed by atoms with Crippen LogP contribution in [-0.4, -0.2) is 46.2 Å². The summed E-state index contributed by atoms with van der Waals surface area (Å²) in [6, 6.07) is 13.4. The van der Waals surface area contributed by atoms with Gasteiger partial charge in [0.25, 0.3) is 0 Å². The van der Waals surface area contributed by atoms with Crippen molar-refractivity contribution in [3.63, 3.8) is 0 Å². The van der Waals surface area contributed by atoms with Gasteiger partial charge in [-0.2, -0.15) is 11.8 Å². The topological polar surface area (TPSA) is 54.8 Å². The Kier molecular flexibility index (Phi) is 7.06. The molecule has 1 fully saturated rings. The Bertz CT molecular complexity index is 895.